The molecule has 0 saturated heterocycles. The number of hydrogen-bond donors (Lipinski definition) is 1. The highest BCUT2D eigenvalue weighted by molar-refractivity contribution is 6.59. The molecule has 1 aliphatic rings. The van der Waals surface area contributed by atoms with Gasteiger partial charge in [0.05, 0.1) is 8.80 Å². The van der Waals surface area contributed by atoms with Crippen LogP contribution in [-0.4, -0.2) is 20.0 Å². The highest BCUT2D eigenvalue weighted by Gasteiger charge is 2.29. The van der Waals surface area contributed by atoms with Gasteiger partial charge in [-0.3, -0.25) is 0 Å². The number of unbranched alkanes of at least 4 members (excludes halogenated alkanes) is 7. The van der Waals surface area contributed by atoms with Gasteiger partial charge < -0.3 is 5.32 Å². The third-order valence-electron chi connectivity index (χ3n) is 5.89. The summed E-state index contributed by atoms with van der Waals surface area (Å²) < 4.78 is 0. The standard InChI is InChI=1S/C23H45NSi/c1-22(2,3)19-15-11-9-7-8-10-12-16-20-23(4,25(5)6)24-21-17-13-14-18-21/h13-14,17-18,21,24-25H,7-12,15-16,19-20H2,1-6H3. The van der Waals surface area contributed by atoms with Gasteiger partial charge in [0.15, 0.2) is 0 Å². The lowest BCUT2D eigenvalue weighted by atomic mass is 9.89. The molecule has 0 radical (unpaired) electrons. The smallest absolute Gasteiger partial charge is 0.0541 e. The first kappa shape index (κ1) is 22.7. The summed E-state index contributed by atoms with van der Waals surface area (Å²) in [6.07, 6.45) is 23.0. The van der Waals surface area contributed by atoms with Crippen LogP contribution in [0.15, 0.2) is 24.3 Å². The van der Waals surface area contributed by atoms with Gasteiger partial charge in [0, 0.05) is 11.2 Å². The Morgan fingerprint density at radius 3 is 1.60 bits per heavy atom. The molecule has 1 atom stereocenters. The molecule has 146 valence electrons. The Morgan fingerprint density at radius 2 is 1.16 bits per heavy atom. The minimum absolute atomic E-state index is 0.386. The van der Waals surface area contributed by atoms with E-state index >= 15 is 0 Å². The van der Waals surface area contributed by atoms with Gasteiger partial charge in [-0.05, 0) is 25.2 Å². The summed E-state index contributed by atoms with van der Waals surface area (Å²) in [4.78, 5) is 0. The molecule has 1 rings (SSSR count). The van der Waals surface area contributed by atoms with E-state index in [0.717, 1.165) is 0 Å². The second-order valence-corrected chi connectivity index (χ2v) is 13.5. The summed E-state index contributed by atoms with van der Waals surface area (Å²) in [7, 11) is -0.728. The van der Waals surface area contributed by atoms with Crippen LogP contribution in [-0.2, 0) is 0 Å². The quantitative estimate of drug-likeness (QED) is 0.280. The van der Waals surface area contributed by atoms with E-state index in [-0.39, 0.29) is 0 Å². The summed E-state index contributed by atoms with van der Waals surface area (Å²) in [5.74, 6) is 0. The van der Waals surface area contributed by atoms with Crippen molar-refractivity contribution in [2.45, 2.75) is 116 Å². The van der Waals surface area contributed by atoms with Crippen LogP contribution in [0.3, 0.4) is 0 Å². The third kappa shape index (κ3) is 10.4. The summed E-state index contributed by atoms with van der Waals surface area (Å²) in [5, 5.41) is 4.30. The first-order valence-corrected chi connectivity index (χ1v) is 13.7. The molecule has 1 N–H and O–H groups in total. The van der Waals surface area contributed by atoms with Gasteiger partial charge in [-0.1, -0.05) is 110 Å². The van der Waals surface area contributed by atoms with Crippen LogP contribution in [0.4, 0.5) is 0 Å². The fourth-order valence-corrected chi connectivity index (χ4v) is 4.95. The lowest BCUT2D eigenvalue weighted by molar-refractivity contribution is 0.356. The SMILES string of the molecule is C[SiH](C)C(C)(CCCCCCCCCCC(C)(C)C)NC1C=CC=C1. The molecule has 0 bridgehead atoms. The maximum atomic E-state index is 3.92. The van der Waals surface area contributed by atoms with E-state index in [1.807, 2.05) is 0 Å². The van der Waals surface area contributed by atoms with E-state index < -0.39 is 8.80 Å². The lowest BCUT2D eigenvalue weighted by Gasteiger charge is -2.36. The number of rotatable bonds is 13. The van der Waals surface area contributed by atoms with Gasteiger partial charge in [-0.15, -0.1) is 0 Å². The van der Waals surface area contributed by atoms with Crippen LogP contribution >= 0.6 is 0 Å². The number of hydrogen-bond acceptors (Lipinski definition) is 1. The van der Waals surface area contributed by atoms with Crippen LogP contribution in [0.5, 0.6) is 0 Å². The van der Waals surface area contributed by atoms with Gasteiger partial charge in [-0.25, -0.2) is 0 Å². The van der Waals surface area contributed by atoms with Gasteiger partial charge >= 0.3 is 0 Å². The van der Waals surface area contributed by atoms with Gasteiger partial charge in [0.25, 0.3) is 0 Å². The minimum atomic E-state index is -0.728. The third-order valence-corrected chi connectivity index (χ3v) is 8.90. The second kappa shape index (κ2) is 11.4. The summed E-state index contributed by atoms with van der Waals surface area (Å²) in [6.45, 7) is 14.5. The largest absolute Gasteiger partial charge is 0.305 e. The fourth-order valence-electron chi connectivity index (χ4n) is 3.64. The molecule has 0 aromatic carbocycles. The minimum Gasteiger partial charge on any atom is -0.305 e. The molecule has 0 aromatic heterocycles. The average Bonchev–Trinajstić information content (AvgIpc) is 3.00. The van der Waals surface area contributed by atoms with Crippen molar-refractivity contribution in [3.63, 3.8) is 0 Å². The number of nitrogens with one attached hydrogen (secondary N) is 1. The molecule has 1 unspecified atom stereocenters. The zero-order valence-corrected chi connectivity index (χ0v) is 19.2. The van der Waals surface area contributed by atoms with Crippen molar-refractivity contribution in [2.75, 3.05) is 0 Å². The molecule has 0 aliphatic heterocycles. The molecule has 0 fully saturated rings. The molecule has 0 saturated carbocycles. The van der Waals surface area contributed by atoms with Crippen molar-refractivity contribution in [1.29, 1.82) is 0 Å². The molecule has 1 nitrogen and oxygen atoms in total. The van der Waals surface area contributed by atoms with E-state index in [2.05, 4.69) is 70.4 Å². The fraction of sp³-hybridized carbons (Fsp3) is 0.826. The second-order valence-electron chi connectivity index (χ2n) is 9.90. The molecule has 0 aromatic rings. The Morgan fingerprint density at radius 1 is 0.720 bits per heavy atom. The van der Waals surface area contributed by atoms with Gasteiger partial charge in [-0.2, -0.15) is 0 Å². The highest BCUT2D eigenvalue weighted by Crippen LogP contribution is 2.23. The van der Waals surface area contributed by atoms with Crippen molar-refractivity contribution >= 4 is 8.80 Å². The highest BCUT2D eigenvalue weighted by atomic mass is 28.3. The predicted octanol–water partition coefficient (Wildman–Crippen LogP) is 6.80. The van der Waals surface area contributed by atoms with E-state index in [9.17, 15) is 0 Å². The van der Waals surface area contributed by atoms with Crippen LogP contribution in [0, 0.1) is 5.41 Å². The zero-order chi connectivity index (χ0) is 18.8. The molecule has 1 aliphatic carbocycles. The van der Waals surface area contributed by atoms with Crippen LogP contribution in [0.2, 0.25) is 13.1 Å². The van der Waals surface area contributed by atoms with Crippen molar-refractivity contribution in [1.82, 2.24) is 5.32 Å². The summed E-state index contributed by atoms with van der Waals surface area (Å²) >= 11 is 0. The van der Waals surface area contributed by atoms with Crippen molar-refractivity contribution in [3.8, 4) is 0 Å². The van der Waals surface area contributed by atoms with Gasteiger partial charge in [0.2, 0.25) is 0 Å². The molecule has 0 spiro atoms. The monoisotopic (exact) mass is 363 g/mol. The average molecular weight is 364 g/mol. The van der Waals surface area contributed by atoms with Crippen molar-refractivity contribution < 1.29 is 0 Å². The maximum absolute atomic E-state index is 3.92. The predicted molar refractivity (Wildman–Crippen MR) is 118 cm³/mol. The van der Waals surface area contributed by atoms with E-state index in [1.165, 1.54) is 64.2 Å². The Balaban J connectivity index is 2.06. The molecule has 2 heteroatoms. The van der Waals surface area contributed by atoms with Crippen molar-refractivity contribution in [3.05, 3.63) is 24.3 Å². The number of allylic oxidation sites excluding steroid dienone is 2. The molecular weight excluding hydrogens is 318 g/mol. The zero-order valence-electron chi connectivity index (χ0n) is 18.0. The maximum Gasteiger partial charge on any atom is 0.0541 e. The molecule has 0 amide bonds. The molecule has 0 heterocycles. The lowest BCUT2D eigenvalue weighted by Crippen LogP contribution is -2.55. The summed E-state index contributed by atoms with van der Waals surface area (Å²) in [6, 6.07) is 0.466. The first-order valence-electron chi connectivity index (χ1n) is 10.9. The topological polar surface area (TPSA) is 12.0 Å². The van der Waals surface area contributed by atoms with Crippen LogP contribution in [0.1, 0.15) is 91.9 Å². The van der Waals surface area contributed by atoms with Crippen LogP contribution in [0.25, 0.3) is 0 Å². The Bertz CT molecular complexity index is 393. The van der Waals surface area contributed by atoms with E-state index in [0.29, 0.717) is 16.6 Å². The Hall–Kier alpha value is -0.343. The summed E-state index contributed by atoms with van der Waals surface area (Å²) in [5.41, 5.74) is 0.518. The van der Waals surface area contributed by atoms with Crippen LogP contribution < -0.4 is 5.32 Å². The Kier molecular flexibility index (Phi) is 10.3. The first-order chi connectivity index (χ1) is 11.7. The van der Waals surface area contributed by atoms with E-state index in [4.69, 9.17) is 0 Å². The molecular formula is C23H45NSi. The normalized spacial score (nSPS) is 17.6. The van der Waals surface area contributed by atoms with Crippen molar-refractivity contribution in [2.24, 2.45) is 5.41 Å². The van der Waals surface area contributed by atoms with Gasteiger partial charge in [0.1, 0.15) is 0 Å². The molecule has 25 heavy (non-hydrogen) atoms. The Labute approximate surface area is 160 Å². The van der Waals surface area contributed by atoms with E-state index in [1.54, 1.807) is 0 Å².